The molecule has 0 heterocycles. The second-order valence-electron chi connectivity index (χ2n) is 3.24. The number of halogens is 3. The topological polar surface area (TPSA) is 9.23 Å². The van der Waals surface area contributed by atoms with E-state index in [4.69, 9.17) is 4.74 Å². The molecule has 0 aliphatic rings. The van der Waals surface area contributed by atoms with Gasteiger partial charge in [-0.2, -0.15) is 13.2 Å². The first kappa shape index (κ1) is 12.6. The van der Waals surface area contributed by atoms with Crippen molar-refractivity contribution >= 4 is 0 Å². The molecule has 1 nitrogen and oxygen atoms in total. The average molecular weight is 230 g/mol. The predicted molar refractivity (Wildman–Crippen MR) is 56.1 cm³/mol. The number of hydrogen-bond donors (Lipinski definition) is 0. The Morgan fingerprint density at radius 1 is 1.38 bits per heavy atom. The molecule has 4 heteroatoms. The number of benzene rings is 1. The van der Waals surface area contributed by atoms with Crippen LogP contribution in [0.1, 0.15) is 25.8 Å². The second kappa shape index (κ2) is 5.05. The summed E-state index contributed by atoms with van der Waals surface area (Å²) >= 11 is 0. The number of allylic oxidation sites excluding steroid dienone is 2. The van der Waals surface area contributed by atoms with E-state index in [1.54, 1.807) is 13.0 Å². The highest BCUT2D eigenvalue weighted by Crippen LogP contribution is 2.31. The molecule has 0 aliphatic carbocycles. The molecule has 1 aromatic rings. The van der Waals surface area contributed by atoms with Crippen molar-refractivity contribution in [3.8, 4) is 5.75 Å². The molecule has 88 valence electrons. The fourth-order valence-corrected chi connectivity index (χ4v) is 1.22. The predicted octanol–water partition coefficient (Wildman–Crippen LogP) is 4.40. The lowest BCUT2D eigenvalue weighted by atomic mass is 10.2. The van der Waals surface area contributed by atoms with Crippen molar-refractivity contribution in [1.29, 1.82) is 0 Å². The van der Waals surface area contributed by atoms with Crippen LogP contribution in [0.3, 0.4) is 0 Å². The third-order valence-electron chi connectivity index (χ3n) is 2.08. The highest BCUT2D eigenvalue weighted by molar-refractivity contribution is 5.31. The highest BCUT2D eigenvalue weighted by Gasteiger charge is 2.30. The van der Waals surface area contributed by atoms with Crippen molar-refractivity contribution in [3.05, 3.63) is 41.7 Å². The first-order chi connectivity index (χ1) is 7.47. The molecule has 0 N–H and O–H groups in total. The van der Waals surface area contributed by atoms with Gasteiger partial charge in [-0.1, -0.05) is 13.0 Å². The molecule has 0 saturated heterocycles. The second-order valence-corrected chi connectivity index (χ2v) is 3.24. The van der Waals surface area contributed by atoms with Gasteiger partial charge in [0, 0.05) is 6.42 Å². The standard InChI is InChI=1S/C12H13F3O/c1-3-10(4-2)16-11-7-5-6-9(8-11)12(13,14)15/h3,5-8H,4H2,1-2H3. The van der Waals surface area contributed by atoms with Gasteiger partial charge in [0.2, 0.25) is 0 Å². The normalized spacial score (nSPS) is 12.7. The van der Waals surface area contributed by atoms with Crippen LogP contribution in [0.25, 0.3) is 0 Å². The van der Waals surface area contributed by atoms with Gasteiger partial charge in [0.25, 0.3) is 0 Å². The van der Waals surface area contributed by atoms with E-state index < -0.39 is 11.7 Å². The van der Waals surface area contributed by atoms with Gasteiger partial charge in [-0.05, 0) is 31.2 Å². The molecule has 0 unspecified atom stereocenters. The van der Waals surface area contributed by atoms with E-state index in [0.717, 1.165) is 12.1 Å². The maximum Gasteiger partial charge on any atom is 0.416 e. The van der Waals surface area contributed by atoms with Gasteiger partial charge >= 0.3 is 6.18 Å². The number of alkyl halides is 3. The van der Waals surface area contributed by atoms with E-state index >= 15 is 0 Å². The summed E-state index contributed by atoms with van der Waals surface area (Å²) in [5.41, 5.74) is -0.698. The molecule has 0 aromatic heterocycles. The molecular weight excluding hydrogens is 217 g/mol. The zero-order valence-electron chi connectivity index (χ0n) is 9.14. The van der Waals surface area contributed by atoms with Crippen LogP contribution in [-0.4, -0.2) is 0 Å². The Kier molecular flexibility index (Phi) is 3.99. The molecule has 16 heavy (non-hydrogen) atoms. The van der Waals surface area contributed by atoms with Gasteiger partial charge in [0.15, 0.2) is 0 Å². The van der Waals surface area contributed by atoms with Crippen molar-refractivity contribution < 1.29 is 17.9 Å². The van der Waals surface area contributed by atoms with E-state index in [1.807, 2.05) is 6.92 Å². The Bertz CT molecular complexity index is 380. The highest BCUT2D eigenvalue weighted by atomic mass is 19.4. The minimum Gasteiger partial charge on any atom is -0.462 e. The molecule has 0 fully saturated rings. The largest absolute Gasteiger partial charge is 0.462 e. The number of rotatable bonds is 3. The summed E-state index contributed by atoms with van der Waals surface area (Å²) < 4.78 is 42.5. The van der Waals surface area contributed by atoms with E-state index in [-0.39, 0.29) is 5.75 Å². The van der Waals surface area contributed by atoms with E-state index in [1.165, 1.54) is 12.1 Å². The summed E-state index contributed by atoms with van der Waals surface area (Å²) in [6, 6.07) is 4.86. The Balaban J connectivity index is 2.91. The Hall–Kier alpha value is -1.45. The first-order valence-corrected chi connectivity index (χ1v) is 4.97. The maximum atomic E-state index is 12.4. The number of ether oxygens (including phenoxy) is 1. The lowest BCUT2D eigenvalue weighted by molar-refractivity contribution is -0.137. The van der Waals surface area contributed by atoms with Crippen molar-refractivity contribution in [2.75, 3.05) is 0 Å². The number of hydrogen-bond acceptors (Lipinski definition) is 1. The van der Waals surface area contributed by atoms with E-state index in [2.05, 4.69) is 0 Å². The first-order valence-electron chi connectivity index (χ1n) is 4.97. The molecule has 1 aromatic carbocycles. The van der Waals surface area contributed by atoms with Crippen LogP contribution < -0.4 is 4.74 Å². The van der Waals surface area contributed by atoms with Gasteiger partial charge in [-0.25, -0.2) is 0 Å². The van der Waals surface area contributed by atoms with Gasteiger partial charge in [0.1, 0.15) is 5.75 Å². The van der Waals surface area contributed by atoms with Gasteiger partial charge < -0.3 is 4.74 Å². The van der Waals surface area contributed by atoms with Crippen molar-refractivity contribution in [2.45, 2.75) is 26.4 Å². The minimum atomic E-state index is -4.33. The monoisotopic (exact) mass is 230 g/mol. The zero-order chi connectivity index (χ0) is 12.2. The van der Waals surface area contributed by atoms with Crippen molar-refractivity contribution in [2.24, 2.45) is 0 Å². The third-order valence-corrected chi connectivity index (χ3v) is 2.08. The fraction of sp³-hybridized carbons (Fsp3) is 0.333. The summed E-state index contributed by atoms with van der Waals surface area (Å²) in [5, 5.41) is 0. The molecule has 0 saturated carbocycles. The van der Waals surface area contributed by atoms with E-state index in [0.29, 0.717) is 12.2 Å². The molecule has 0 atom stereocenters. The molecular formula is C12H13F3O. The summed E-state index contributed by atoms with van der Waals surface area (Å²) in [7, 11) is 0. The van der Waals surface area contributed by atoms with Gasteiger partial charge in [0.05, 0.1) is 11.3 Å². The molecule has 0 bridgehead atoms. The minimum absolute atomic E-state index is 0.213. The summed E-state index contributed by atoms with van der Waals surface area (Å²) in [5.74, 6) is 0.865. The van der Waals surface area contributed by atoms with Crippen LogP contribution in [0.5, 0.6) is 5.75 Å². The van der Waals surface area contributed by atoms with Crippen molar-refractivity contribution in [1.82, 2.24) is 0 Å². The van der Waals surface area contributed by atoms with Crippen LogP contribution >= 0.6 is 0 Å². The van der Waals surface area contributed by atoms with Crippen LogP contribution in [0.15, 0.2) is 36.1 Å². The van der Waals surface area contributed by atoms with Crippen LogP contribution in [0, 0.1) is 0 Å². The fourth-order valence-electron chi connectivity index (χ4n) is 1.22. The Morgan fingerprint density at radius 2 is 2.06 bits per heavy atom. The molecule has 1 rings (SSSR count). The SMILES string of the molecule is CC=C(CC)Oc1cccc(C(F)(F)F)c1. The smallest absolute Gasteiger partial charge is 0.416 e. The summed E-state index contributed by atoms with van der Waals surface area (Å²) in [4.78, 5) is 0. The van der Waals surface area contributed by atoms with Gasteiger partial charge in [-0.3, -0.25) is 0 Å². The Labute approximate surface area is 92.5 Å². The molecule has 0 amide bonds. The zero-order valence-corrected chi connectivity index (χ0v) is 9.14. The van der Waals surface area contributed by atoms with Crippen LogP contribution in [0.4, 0.5) is 13.2 Å². The van der Waals surface area contributed by atoms with Gasteiger partial charge in [-0.15, -0.1) is 0 Å². The summed E-state index contributed by atoms with van der Waals surface area (Å²) in [6.45, 7) is 3.66. The average Bonchev–Trinajstić information content (AvgIpc) is 2.25. The van der Waals surface area contributed by atoms with Crippen molar-refractivity contribution in [3.63, 3.8) is 0 Å². The van der Waals surface area contributed by atoms with E-state index in [9.17, 15) is 13.2 Å². The quantitative estimate of drug-likeness (QED) is 0.699. The lowest BCUT2D eigenvalue weighted by Crippen LogP contribution is -2.05. The summed E-state index contributed by atoms with van der Waals surface area (Å²) in [6.07, 6.45) is -1.95. The molecule has 0 radical (unpaired) electrons. The van der Waals surface area contributed by atoms with Crippen LogP contribution in [0.2, 0.25) is 0 Å². The lowest BCUT2D eigenvalue weighted by Gasteiger charge is -2.11. The Morgan fingerprint density at radius 3 is 2.56 bits per heavy atom. The maximum absolute atomic E-state index is 12.4. The molecule has 0 aliphatic heterocycles. The third kappa shape index (κ3) is 3.29. The molecule has 0 spiro atoms. The van der Waals surface area contributed by atoms with Crippen LogP contribution in [-0.2, 0) is 6.18 Å².